The van der Waals surface area contributed by atoms with Crippen LogP contribution in [0.4, 0.5) is 0 Å². The second kappa shape index (κ2) is 10.6. The minimum Gasteiger partial charge on any atom is -0.0720 e. The van der Waals surface area contributed by atoms with E-state index >= 15 is 0 Å². The van der Waals surface area contributed by atoms with Crippen molar-refractivity contribution in [2.24, 2.45) is 0 Å². The van der Waals surface area contributed by atoms with Crippen LogP contribution in [0, 0.1) is 13.8 Å². The molecule has 2 aliphatic carbocycles. The van der Waals surface area contributed by atoms with Crippen molar-refractivity contribution in [1.29, 1.82) is 0 Å². The Bertz CT molecular complexity index is 2070. The lowest BCUT2D eigenvalue weighted by Crippen LogP contribution is -2.34. The van der Waals surface area contributed by atoms with E-state index in [0.717, 1.165) is 0 Å². The van der Waals surface area contributed by atoms with Crippen molar-refractivity contribution in [3.8, 4) is 11.1 Å². The van der Waals surface area contributed by atoms with Crippen LogP contribution in [0.5, 0.6) is 0 Å². The molecule has 0 N–H and O–H groups in total. The third-order valence-electron chi connectivity index (χ3n) is 9.97. The van der Waals surface area contributed by atoms with Gasteiger partial charge in [0.15, 0.2) is 0 Å². The second-order valence-electron chi connectivity index (χ2n) is 15.1. The highest BCUT2D eigenvalue weighted by molar-refractivity contribution is 5.88. The summed E-state index contributed by atoms with van der Waals surface area (Å²) in [6.07, 6.45) is 7.32. The molecule has 5 aromatic rings. The lowest BCUT2D eigenvalue weighted by Gasteiger charge is -2.30. The van der Waals surface area contributed by atoms with E-state index < -0.39 is 0 Å². The van der Waals surface area contributed by atoms with Gasteiger partial charge in [0, 0.05) is 5.92 Å². The summed E-state index contributed by atoms with van der Waals surface area (Å²) >= 11 is 0. The molecule has 0 aliphatic heterocycles. The molecule has 224 valence electrons. The van der Waals surface area contributed by atoms with Crippen molar-refractivity contribution < 1.29 is 0 Å². The summed E-state index contributed by atoms with van der Waals surface area (Å²) < 4.78 is 0. The summed E-state index contributed by atoms with van der Waals surface area (Å²) in [5.41, 5.74) is 17.6. The minimum absolute atomic E-state index is 0.0888. The lowest BCUT2D eigenvalue weighted by atomic mass is 9.73. The van der Waals surface area contributed by atoms with Crippen LogP contribution in [0.25, 0.3) is 28.9 Å². The van der Waals surface area contributed by atoms with Gasteiger partial charge in [0.25, 0.3) is 0 Å². The smallest absolute Gasteiger partial charge is 0.0290 e. The first-order valence-corrected chi connectivity index (χ1v) is 16.4. The molecule has 0 heteroatoms. The van der Waals surface area contributed by atoms with Crippen molar-refractivity contribution in [2.75, 3.05) is 0 Å². The van der Waals surface area contributed by atoms with Crippen LogP contribution in [-0.2, 0) is 10.8 Å². The van der Waals surface area contributed by atoms with Crippen molar-refractivity contribution in [1.82, 2.24) is 0 Å². The number of hydrogen-bond acceptors (Lipinski definition) is 0. The molecule has 0 heterocycles. The number of aryl methyl sites for hydroxylation is 1. The van der Waals surface area contributed by atoms with Crippen molar-refractivity contribution in [3.05, 3.63) is 169 Å². The lowest BCUT2D eigenvalue weighted by molar-refractivity contribution is 0.576. The highest BCUT2D eigenvalue weighted by Gasteiger charge is 2.33. The molecular weight excluding hydrogens is 540 g/mol. The molecular formula is C45H44. The van der Waals surface area contributed by atoms with E-state index in [9.17, 15) is 0 Å². The quantitative estimate of drug-likeness (QED) is 0.194. The second-order valence-corrected chi connectivity index (χ2v) is 15.1. The predicted octanol–water partition coefficient (Wildman–Crippen LogP) is 10.1. The molecule has 0 radical (unpaired) electrons. The third kappa shape index (κ3) is 4.92. The molecule has 0 nitrogen and oxygen atoms in total. The van der Waals surface area contributed by atoms with Crippen LogP contribution in [-0.4, -0.2) is 0 Å². The van der Waals surface area contributed by atoms with Gasteiger partial charge in [-0.15, -0.1) is 0 Å². The van der Waals surface area contributed by atoms with Gasteiger partial charge in [-0.2, -0.15) is 0 Å². The van der Waals surface area contributed by atoms with Gasteiger partial charge in [0.1, 0.15) is 0 Å². The van der Waals surface area contributed by atoms with Gasteiger partial charge in [0.2, 0.25) is 0 Å². The summed E-state index contributed by atoms with van der Waals surface area (Å²) in [5, 5.41) is 2.72. The van der Waals surface area contributed by atoms with Crippen LogP contribution in [0.3, 0.4) is 0 Å². The summed E-state index contributed by atoms with van der Waals surface area (Å²) in [6, 6.07) is 36.3. The number of allylic oxidation sites excluding steroid dienone is 1. The molecule has 0 amide bonds. The van der Waals surface area contributed by atoms with Crippen LogP contribution in [0.1, 0.15) is 103 Å². The predicted molar refractivity (Wildman–Crippen MR) is 193 cm³/mol. The van der Waals surface area contributed by atoms with E-state index in [1.807, 2.05) is 0 Å². The zero-order valence-electron chi connectivity index (χ0n) is 28.0. The van der Waals surface area contributed by atoms with Gasteiger partial charge in [-0.1, -0.05) is 145 Å². The Morgan fingerprint density at radius 2 is 1.24 bits per heavy atom. The maximum absolute atomic E-state index is 2.52. The van der Waals surface area contributed by atoms with E-state index in [4.69, 9.17) is 0 Å². The fourth-order valence-corrected chi connectivity index (χ4v) is 7.62. The molecule has 0 spiro atoms. The molecule has 7 rings (SSSR count). The Morgan fingerprint density at radius 3 is 1.84 bits per heavy atom. The molecule has 45 heavy (non-hydrogen) atoms. The van der Waals surface area contributed by atoms with E-state index in [0.29, 0.717) is 0 Å². The summed E-state index contributed by atoms with van der Waals surface area (Å²) in [7, 11) is 0. The molecule has 0 aromatic heterocycles. The largest absolute Gasteiger partial charge is 0.0720 e. The summed E-state index contributed by atoms with van der Waals surface area (Å²) in [5.74, 6) is 0.184. The standard InChI is InChI=1S/C45H44/c1-28-19-20-32-21-23-36(40(32)29(28)2)42-38-26-33-25-34(44(3,4)5)22-24-35(33)37(38)27-39(43(42)45(6,7)8)41(30-15-11-9-12-16-30)31-17-13-10-14-18-31/h9-27,36H,1-8H3. The first-order valence-electron chi connectivity index (χ1n) is 16.4. The first kappa shape index (κ1) is 29.3. The van der Waals surface area contributed by atoms with Gasteiger partial charge in [-0.05, 0) is 120 Å². The Balaban J connectivity index is 1.70. The van der Waals surface area contributed by atoms with Crippen molar-refractivity contribution in [2.45, 2.75) is 72.1 Å². The summed E-state index contributed by atoms with van der Waals surface area (Å²) in [4.78, 5) is 0. The van der Waals surface area contributed by atoms with E-state index in [-0.39, 0.29) is 16.7 Å². The zero-order valence-corrected chi connectivity index (χ0v) is 28.0. The van der Waals surface area contributed by atoms with Crippen LogP contribution >= 0.6 is 0 Å². The van der Waals surface area contributed by atoms with Gasteiger partial charge >= 0.3 is 0 Å². The molecule has 0 fully saturated rings. The third-order valence-corrected chi connectivity index (χ3v) is 9.97. The average Bonchev–Trinajstić information content (AvgIpc) is 3.60. The van der Waals surface area contributed by atoms with Crippen LogP contribution in [0.2, 0.25) is 0 Å². The monoisotopic (exact) mass is 584 g/mol. The van der Waals surface area contributed by atoms with E-state index in [1.54, 1.807) is 0 Å². The van der Waals surface area contributed by atoms with Crippen molar-refractivity contribution >= 4 is 17.7 Å². The van der Waals surface area contributed by atoms with Crippen LogP contribution in [0.15, 0.2) is 103 Å². The van der Waals surface area contributed by atoms with Gasteiger partial charge in [0.05, 0.1) is 0 Å². The zero-order chi connectivity index (χ0) is 31.7. The molecule has 2 aliphatic rings. The van der Waals surface area contributed by atoms with Gasteiger partial charge in [-0.25, -0.2) is 0 Å². The number of fused-ring (bicyclic) bond motifs is 4. The summed E-state index contributed by atoms with van der Waals surface area (Å²) in [6.45, 7) is 18.7. The SMILES string of the molecule is Cc1ccc2c(c1C)C(c1c(C(C)(C)C)c(=C(c3ccccc3)c3ccccc3)cc3c1=Cc1cc(C(C)(C)C)ccc1-3)C=C2. The molecule has 0 saturated carbocycles. The van der Waals surface area contributed by atoms with Gasteiger partial charge in [-0.3, -0.25) is 0 Å². The first-order chi connectivity index (χ1) is 21.4. The topological polar surface area (TPSA) is 0 Å². The van der Waals surface area contributed by atoms with E-state index in [2.05, 4.69) is 171 Å². The maximum Gasteiger partial charge on any atom is 0.0290 e. The fraction of sp³-hybridized carbons (Fsp3) is 0.244. The van der Waals surface area contributed by atoms with Crippen LogP contribution < -0.4 is 10.4 Å². The molecule has 1 atom stereocenters. The molecule has 0 saturated heterocycles. The number of benzene rings is 5. The van der Waals surface area contributed by atoms with Crippen molar-refractivity contribution in [3.63, 3.8) is 0 Å². The van der Waals surface area contributed by atoms with E-state index in [1.165, 1.54) is 82.8 Å². The minimum atomic E-state index is -0.109. The Hall–Kier alpha value is -4.42. The number of rotatable bonds is 3. The number of hydrogen-bond donors (Lipinski definition) is 0. The Kier molecular flexibility index (Phi) is 6.90. The Morgan fingerprint density at radius 1 is 0.600 bits per heavy atom. The van der Waals surface area contributed by atoms with Gasteiger partial charge < -0.3 is 0 Å². The highest BCUT2D eigenvalue weighted by Crippen LogP contribution is 2.43. The Labute approximate surface area is 269 Å². The highest BCUT2D eigenvalue weighted by atomic mass is 14.4. The normalized spacial score (nSPS) is 15.0. The molecule has 1 unspecified atom stereocenters. The average molecular weight is 585 g/mol. The maximum atomic E-state index is 2.52. The molecule has 5 aromatic carbocycles. The molecule has 0 bridgehead atoms. The fourth-order valence-electron chi connectivity index (χ4n) is 7.62.